The fourth-order valence-corrected chi connectivity index (χ4v) is 4.37. The van der Waals surface area contributed by atoms with E-state index in [4.69, 9.17) is 5.11 Å². The van der Waals surface area contributed by atoms with E-state index in [2.05, 4.69) is 68.8 Å². The summed E-state index contributed by atoms with van der Waals surface area (Å²) in [6.07, 6.45) is 7.22. The first-order valence-electron chi connectivity index (χ1n) is 10.6. The molecule has 7 nitrogen and oxygen atoms in total. The zero-order valence-corrected chi connectivity index (χ0v) is 17.7. The predicted molar refractivity (Wildman–Crippen MR) is 118 cm³/mol. The van der Waals surface area contributed by atoms with Crippen molar-refractivity contribution in [2.75, 3.05) is 31.1 Å². The fraction of sp³-hybridized carbons (Fsp3) is 0.435. The Labute approximate surface area is 177 Å². The van der Waals surface area contributed by atoms with Crippen molar-refractivity contribution in [3.05, 3.63) is 54.0 Å². The van der Waals surface area contributed by atoms with E-state index < -0.39 is 5.97 Å². The van der Waals surface area contributed by atoms with E-state index in [1.54, 1.807) is 0 Å². The second-order valence-electron chi connectivity index (χ2n) is 8.12. The number of carboxylic acid groups (broad SMARTS) is 1. The average Bonchev–Trinajstić information content (AvgIpc) is 3.09. The molecule has 1 aliphatic heterocycles. The highest BCUT2D eigenvalue weighted by atomic mass is 16.4. The van der Waals surface area contributed by atoms with Crippen LogP contribution in [0.5, 0.6) is 0 Å². The molecule has 1 saturated heterocycles. The summed E-state index contributed by atoms with van der Waals surface area (Å²) >= 11 is 0. The van der Waals surface area contributed by atoms with E-state index in [-0.39, 0.29) is 5.56 Å². The van der Waals surface area contributed by atoms with Gasteiger partial charge >= 0.3 is 5.97 Å². The number of aryl methyl sites for hydroxylation is 1. The molecule has 1 fully saturated rings. The van der Waals surface area contributed by atoms with Crippen LogP contribution in [0.2, 0.25) is 0 Å². The van der Waals surface area contributed by atoms with Crippen molar-refractivity contribution in [2.24, 2.45) is 13.0 Å². The van der Waals surface area contributed by atoms with Crippen LogP contribution in [0.1, 0.15) is 35.7 Å². The number of carbonyl (C=O) groups is 1. The van der Waals surface area contributed by atoms with Gasteiger partial charge in [-0.15, -0.1) is 0 Å². The van der Waals surface area contributed by atoms with Gasteiger partial charge in [0.2, 0.25) is 5.95 Å². The molecule has 1 N–H and O–H groups in total. The number of carboxylic acids is 1. The number of para-hydroxylation sites is 1. The number of piperidine rings is 1. The van der Waals surface area contributed by atoms with Gasteiger partial charge in [-0.05, 0) is 36.9 Å². The van der Waals surface area contributed by atoms with Gasteiger partial charge in [-0.25, -0.2) is 14.8 Å². The van der Waals surface area contributed by atoms with Crippen molar-refractivity contribution in [2.45, 2.75) is 26.3 Å². The molecule has 3 aromatic rings. The maximum absolute atomic E-state index is 11.0. The van der Waals surface area contributed by atoms with Gasteiger partial charge in [0, 0.05) is 62.7 Å². The number of rotatable bonds is 7. The number of anilines is 1. The highest BCUT2D eigenvalue weighted by Crippen LogP contribution is 2.25. The normalized spacial score (nSPS) is 15.2. The first-order chi connectivity index (χ1) is 14.5. The molecule has 1 aliphatic rings. The standard InChI is InChI=1S/C23H29N5O2/c1-3-27(16-19-15-26(2)21-7-5-4-6-20(19)21)14-17-8-10-28(11-9-17)23-24-12-18(13-25-23)22(29)30/h4-7,12-13,15,17H,3,8-11,14,16H2,1-2H3,(H,29,30). The Morgan fingerprint density at radius 3 is 2.57 bits per heavy atom. The largest absolute Gasteiger partial charge is 0.478 e. The minimum Gasteiger partial charge on any atom is -0.478 e. The number of aromatic nitrogens is 3. The second-order valence-corrected chi connectivity index (χ2v) is 8.12. The second kappa shape index (κ2) is 8.83. The molecule has 0 bridgehead atoms. The molecule has 0 radical (unpaired) electrons. The summed E-state index contributed by atoms with van der Waals surface area (Å²) in [6.45, 7) is 7.14. The van der Waals surface area contributed by atoms with Crippen LogP contribution in [-0.2, 0) is 13.6 Å². The summed E-state index contributed by atoms with van der Waals surface area (Å²) in [7, 11) is 2.11. The maximum atomic E-state index is 11.0. The lowest BCUT2D eigenvalue weighted by molar-refractivity contribution is 0.0696. The molecule has 158 valence electrons. The lowest BCUT2D eigenvalue weighted by Crippen LogP contribution is -2.39. The van der Waals surface area contributed by atoms with Crippen LogP contribution >= 0.6 is 0 Å². The topological polar surface area (TPSA) is 74.5 Å². The van der Waals surface area contributed by atoms with Crippen LogP contribution in [0, 0.1) is 5.92 Å². The van der Waals surface area contributed by atoms with Crippen molar-refractivity contribution < 1.29 is 9.90 Å². The summed E-state index contributed by atoms with van der Waals surface area (Å²) in [6, 6.07) is 8.60. The molecule has 0 saturated carbocycles. The molecule has 7 heteroatoms. The van der Waals surface area contributed by atoms with Crippen molar-refractivity contribution in [3.8, 4) is 0 Å². The van der Waals surface area contributed by atoms with Gasteiger partial charge in [0.1, 0.15) is 0 Å². The van der Waals surface area contributed by atoms with E-state index >= 15 is 0 Å². The molecule has 2 aromatic heterocycles. The van der Waals surface area contributed by atoms with Crippen LogP contribution in [0.15, 0.2) is 42.9 Å². The third-order valence-corrected chi connectivity index (χ3v) is 6.12. The minimum absolute atomic E-state index is 0.126. The zero-order chi connectivity index (χ0) is 21.1. The van der Waals surface area contributed by atoms with Crippen LogP contribution in [0.25, 0.3) is 10.9 Å². The number of benzene rings is 1. The molecule has 0 amide bonds. The summed E-state index contributed by atoms with van der Waals surface area (Å²) in [4.78, 5) is 24.1. The van der Waals surface area contributed by atoms with E-state index in [9.17, 15) is 4.79 Å². The SMILES string of the molecule is CCN(Cc1cn(C)c2ccccc12)CC1CCN(c2ncc(C(=O)O)cn2)CC1. The van der Waals surface area contributed by atoms with Gasteiger partial charge in [0.25, 0.3) is 0 Å². The fourth-order valence-electron chi connectivity index (χ4n) is 4.37. The van der Waals surface area contributed by atoms with Crippen LogP contribution in [0.4, 0.5) is 5.95 Å². The monoisotopic (exact) mass is 407 g/mol. The van der Waals surface area contributed by atoms with Crippen molar-refractivity contribution in [1.29, 1.82) is 0 Å². The minimum atomic E-state index is -0.994. The summed E-state index contributed by atoms with van der Waals surface area (Å²) in [5.74, 6) is 0.280. The van der Waals surface area contributed by atoms with Gasteiger partial charge in [0.15, 0.2) is 0 Å². The average molecular weight is 408 g/mol. The Morgan fingerprint density at radius 1 is 1.20 bits per heavy atom. The predicted octanol–water partition coefficient (Wildman–Crippen LogP) is 3.41. The Kier molecular flexibility index (Phi) is 5.99. The van der Waals surface area contributed by atoms with Crippen molar-refractivity contribution in [3.63, 3.8) is 0 Å². The molecular formula is C23H29N5O2. The number of hydrogen-bond donors (Lipinski definition) is 1. The van der Waals surface area contributed by atoms with Crippen LogP contribution in [-0.4, -0.2) is 56.7 Å². The molecular weight excluding hydrogens is 378 g/mol. The number of nitrogens with zero attached hydrogens (tertiary/aromatic N) is 5. The van der Waals surface area contributed by atoms with Crippen molar-refractivity contribution >= 4 is 22.8 Å². The zero-order valence-electron chi connectivity index (χ0n) is 17.7. The summed E-state index contributed by atoms with van der Waals surface area (Å²) in [5.41, 5.74) is 2.80. The third-order valence-electron chi connectivity index (χ3n) is 6.12. The molecule has 0 unspecified atom stereocenters. The number of hydrogen-bond acceptors (Lipinski definition) is 5. The van der Waals surface area contributed by atoms with E-state index in [1.807, 2.05) is 0 Å². The maximum Gasteiger partial charge on any atom is 0.338 e. The smallest absolute Gasteiger partial charge is 0.338 e. The van der Waals surface area contributed by atoms with Gasteiger partial charge in [-0.1, -0.05) is 25.1 Å². The molecule has 30 heavy (non-hydrogen) atoms. The Hall–Kier alpha value is -2.93. The Morgan fingerprint density at radius 2 is 1.90 bits per heavy atom. The summed E-state index contributed by atoms with van der Waals surface area (Å²) in [5, 5.41) is 10.3. The van der Waals surface area contributed by atoms with Gasteiger partial charge in [-0.3, -0.25) is 4.90 Å². The first-order valence-corrected chi connectivity index (χ1v) is 10.6. The first kappa shape index (κ1) is 20.3. The van der Waals surface area contributed by atoms with Gasteiger partial charge in [-0.2, -0.15) is 0 Å². The molecule has 0 atom stereocenters. The molecule has 0 spiro atoms. The third kappa shape index (κ3) is 4.31. The molecule has 4 rings (SSSR count). The van der Waals surface area contributed by atoms with Crippen LogP contribution in [0.3, 0.4) is 0 Å². The lowest BCUT2D eigenvalue weighted by atomic mass is 9.96. The molecule has 1 aromatic carbocycles. The molecule has 0 aliphatic carbocycles. The number of aromatic carboxylic acids is 1. The van der Waals surface area contributed by atoms with Gasteiger partial charge in [0.05, 0.1) is 5.56 Å². The van der Waals surface area contributed by atoms with Crippen molar-refractivity contribution in [1.82, 2.24) is 19.4 Å². The Balaban J connectivity index is 1.34. The lowest BCUT2D eigenvalue weighted by Gasteiger charge is -2.34. The highest BCUT2D eigenvalue weighted by Gasteiger charge is 2.23. The Bertz CT molecular complexity index is 1010. The quantitative estimate of drug-likeness (QED) is 0.647. The molecule has 3 heterocycles. The van der Waals surface area contributed by atoms with Gasteiger partial charge < -0.3 is 14.6 Å². The van der Waals surface area contributed by atoms with Crippen LogP contribution < -0.4 is 4.90 Å². The summed E-state index contributed by atoms with van der Waals surface area (Å²) < 4.78 is 2.21. The van der Waals surface area contributed by atoms with E-state index in [0.29, 0.717) is 11.9 Å². The van der Waals surface area contributed by atoms with E-state index in [1.165, 1.54) is 28.9 Å². The number of fused-ring (bicyclic) bond motifs is 1. The highest BCUT2D eigenvalue weighted by molar-refractivity contribution is 5.86. The van der Waals surface area contributed by atoms with E-state index in [0.717, 1.165) is 45.6 Å².